The van der Waals surface area contributed by atoms with Gasteiger partial charge in [-0.3, -0.25) is 19.3 Å². The second-order valence-corrected chi connectivity index (χ2v) is 6.17. The number of primary amides is 1. The molecule has 11 nitrogen and oxygen atoms in total. The van der Waals surface area contributed by atoms with Crippen molar-refractivity contribution in [3.8, 4) is 0 Å². The summed E-state index contributed by atoms with van der Waals surface area (Å²) in [5.74, 6) is 0.523. The van der Waals surface area contributed by atoms with Gasteiger partial charge in [-0.1, -0.05) is 12.1 Å². The van der Waals surface area contributed by atoms with Crippen LogP contribution < -0.4 is 11.1 Å². The van der Waals surface area contributed by atoms with E-state index in [1.54, 1.807) is 0 Å². The summed E-state index contributed by atoms with van der Waals surface area (Å²) < 4.78 is 2.02. The summed E-state index contributed by atoms with van der Waals surface area (Å²) in [7, 11) is 0. The number of nitrogens with zero attached hydrogens (tertiary/aromatic N) is 3. The molecule has 0 atom stereocenters. The SMILES string of the molecule is NC(=O)CN1CCC(Nc2nc3ccccc3n2CCO)CC1.O=CO.O=CO. The molecule has 0 aliphatic carbocycles. The lowest BCUT2D eigenvalue weighted by molar-refractivity contribution is -0.123. The molecule has 1 aromatic carbocycles. The quantitative estimate of drug-likeness (QED) is 0.405. The Morgan fingerprint density at radius 2 is 1.79 bits per heavy atom. The molecule has 0 unspecified atom stereocenters. The fraction of sp³-hybridized carbons (Fsp3) is 0.444. The van der Waals surface area contributed by atoms with Gasteiger partial charge in [-0.2, -0.15) is 0 Å². The summed E-state index contributed by atoms with van der Waals surface area (Å²) >= 11 is 0. The van der Waals surface area contributed by atoms with E-state index < -0.39 is 0 Å². The highest BCUT2D eigenvalue weighted by molar-refractivity contribution is 5.78. The third-order valence-corrected chi connectivity index (χ3v) is 4.28. The van der Waals surface area contributed by atoms with Gasteiger partial charge < -0.3 is 30.9 Å². The van der Waals surface area contributed by atoms with Crippen molar-refractivity contribution >= 4 is 35.8 Å². The molecule has 1 aliphatic heterocycles. The van der Waals surface area contributed by atoms with Gasteiger partial charge in [-0.25, -0.2) is 4.98 Å². The zero-order valence-electron chi connectivity index (χ0n) is 16.0. The summed E-state index contributed by atoms with van der Waals surface area (Å²) in [6.07, 6.45) is 1.88. The van der Waals surface area contributed by atoms with Gasteiger partial charge in [0.05, 0.1) is 24.2 Å². The van der Waals surface area contributed by atoms with Crippen LogP contribution in [-0.2, 0) is 20.9 Å². The number of hydrogen-bond acceptors (Lipinski definition) is 7. The monoisotopic (exact) mass is 409 g/mol. The molecule has 2 heterocycles. The minimum absolute atomic E-state index is 0.0755. The molecule has 3 rings (SSSR count). The Labute approximate surface area is 167 Å². The molecule has 6 N–H and O–H groups in total. The van der Waals surface area contributed by atoms with Crippen molar-refractivity contribution in [2.45, 2.75) is 25.4 Å². The molecule has 1 saturated heterocycles. The van der Waals surface area contributed by atoms with Crippen LogP contribution in [0.3, 0.4) is 0 Å². The Kier molecular flexibility index (Phi) is 10.8. The topological polar surface area (TPSA) is 171 Å². The normalized spacial score (nSPS) is 14.1. The van der Waals surface area contributed by atoms with Crippen LogP contribution in [0.4, 0.5) is 5.95 Å². The molecule has 2 aromatic rings. The molecule has 1 fully saturated rings. The number of amides is 1. The van der Waals surface area contributed by atoms with Crippen molar-refractivity contribution < 1.29 is 29.7 Å². The lowest BCUT2D eigenvalue weighted by Crippen LogP contribution is -2.43. The summed E-state index contributed by atoms with van der Waals surface area (Å²) in [6, 6.07) is 8.24. The number of aromatic nitrogens is 2. The molecule has 0 spiro atoms. The van der Waals surface area contributed by atoms with Crippen LogP contribution in [0.1, 0.15) is 12.8 Å². The van der Waals surface area contributed by atoms with Gasteiger partial charge in [0.25, 0.3) is 12.9 Å². The van der Waals surface area contributed by atoms with Crippen LogP contribution in [0, 0.1) is 0 Å². The number of aliphatic hydroxyl groups excluding tert-OH is 1. The third-order valence-electron chi connectivity index (χ3n) is 4.28. The number of rotatable bonds is 6. The van der Waals surface area contributed by atoms with Crippen LogP contribution in [-0.4, -0.2) is 80.9 Å². The number of carbonyl (C=O) groups is 3. The van der Waals surface area contributed by atoms with Crippen molar-refractivity contribution in [3.05, 3.63) is 24.3 Å². The van der Waals surface area contributed by atoms with E-state index in [0.29, 0.717) is 19.1 Å². The first-order chi connectivity index (χ1) is 14.0. The van der Waals surface area contributed by atoms with E-state index in [0.717, 1.165) is 42.9 Å². The smallest absolute Gasteiger partial charge is 0.290 e. The van der Waals surface area contributed by atoms with E-state index in [1.807, 2.05) is 28.8 Å². The van der Waals surface area contributed by atoms with E-state index in [2.05, 4.69) is 15.2 Å². The van der Waals surface area contributed by atoms with Gasteiger partial charge in [0, 0.05) is 25.7 Å². The Hall–Kier alpha value is -3.18. The molecule has 11 heteroatoms. The minimum Gasteiger partial charge on any atom is -0.483 e. The number of para-hydroxylation sites is 2. The number of carbonyl (C=O) groups excluding carboxylic acids is 1. The maximum atomic E-state index is 11.0. The number of likely N-dealkylation sites (tertiary alicyclic amines) is 1. The lowest BCUT2D eigenvalue weighted by atomic mass is 10.1. The zero-order valence-corrected chi connectivity index (χ0v) is 16.0. The first-order valence-electron chi connectivity index (χ1n) is 8.99. The van der Waals surface area contributed by atoms with E-state index in [-0.39, 0.29) is 25.5 Å². The van der Waals surface area contributed by atoms with Gasteiger partial charge >= 0.3 is 0 Å². The van der Waals surface area contributed by atoms with Crippen LogP contribution in [0.25, 0.3) is 11.0 Å². The molecule has 160 valence electrons. The van der Waals surface area contributed by atoms with Crippen molar-refractivity contribution in [3.63, 3.8) is 0 Å². The fourth-order valence-electron chi connectivity index (χ4n) is 3.15. The van der Waals surface area contributed by atoms with Gasteiger partial charge in [0.2, 0.25) is 11.9 Å². The van der Waals surface area contributed by atoms with E-state index in [1.165, 1.54) is 0 Å². The van der Waals surface area contributed by atoms with Crippen LogP contribution >= 0.6 is 0 Å². The van der Waals surface area contributed by atoms with Crippen LogP contribution in [0.2, 0.25) is 0 Å². The van der Waals surface area contributed by atoms with Crippen molar-refractivity contribution in [1.82, 2.24) is 14.5 Å². The summed E-state index contributed by atoms with van der Waals surface area (Å²) in [5, 5.41) is 26.6. The predicted molar refractivity (Wildman–Crippen MR) is 106 cm³/mol. The molecule has 0 bridgehead atoms. The summed E-state index contributed by atoms with van der Waals surface area (Å²) in [6.45, 7) is 2.12. The highest BCUT2D eigenvalue weighted by Crippen LogP contribution is 2.22. The van der Waals surface area contributed by atoms with Crippen molar-refractivity contribution in [2.24, 2.45) is 5.73 Å². The van der Waals surface area contributed by atoms with E-state index in [9.17, 15) is 9.90 Å². The van der Waals surface area contributed by atoms with E-state index in [4.69, 9.17) is 25.5 Å². The number of benzene rings is 1. The maximum absolute atomic E-state index is 11.0. The first-order valence-corrected chi connectivity index (χ1v) is 8.99. The summed E-state index contributed by atoms with van der Waals surface area (Å²) in [5.41, 5.74) is 7.19. The largest absolute Gasteiger partial charge is 0.483 e. The lowest BCUT2D eigenvalue weighted by Gasteiger charge is -2.31. The average molecular weight is 409 g/mol. The highest BCUT2D eigenvalue weighted by Gasteiger charge is 2.21. The standard InChI is InChI=1S/C16H23N5O2.2CH2O2/c17-15(23)11-20-7-5-12(6-8-20)18-16-19-13-3-1-2-4-14(13)21(16)9-10-22;2*2-1-3/h1-4,12,22H,5-11H2,(H2,17,23)(H,18,19);2*1H,(H,2,3). The number of carboxylic acid groups (broad SMARTS) is 2. The second-order valence-electron chi connectivity index (χ2n) is 6.17. The number of fused-ring (bicyclic) bond motifs is 1. The Morgan fingerprint density at radius 3 is 2.34 bits per heavy atom. The minimum atomic E-state index is -0.277. The molecule has 0 saturated carbocycles. The van der Waals surface area contributed by atoms with Gasteiger partial charge in [0.1, 0.15) is 0 Å². The Balaban J connectivity index is 0.000000626. The van der Waals surface area contributed by atoms with Crippen molar-refractivity contribution in [2.75, 3.05) is 31.6 Å². The number of imidazole rings is 1. The van der Waals surface area contributed by atoms with Crippen molar-refractivity contribution in [1.29, 1.82) is 0 Å². The predicted octanol–water partition coefficient (Wildman–Crippen LogP) is -0.208. The number of nitrogens with one attached hydrogen (secondary N) is 1. The Morgan fingerprint density at radius 1 is 1.21 bits per heavy atom. The molecular weight excluding hydrogens is 382 g/mol. The molecule has 1 amide bonds. The average Bonchev–Trinajstić information content (AvgIpc) is 3.02. The third kappa shape index (κ3) is 7.76. The number of anilines is 1. The number of aliphatic hydroxyl groups is 1. The highest BCUT2D eigenvalue weighted by atomic mass is 16.3. The molecular formula is C18H27N5O6. The first kappa shape index (κ1) is 23.9. The molecule has 1 aliphatic rings. The van der Waals surface area contributed by atoms with Gasteiger partial charge in [-0.15, -0.1) is 0 Å². The van der Waals surface area contributed by atoms with Crippen LogP contribution in [0.5, 0.6) is 0 Å². The number of nitrogens with two attached hydrogens (primary N) is 1. The van der Waals surface area contributed by atoms with Gasteiger partial charge in [0.15, 0.2) is 0 Å². The van der Waals surface area contributed by atoms with Crippen LogP contribution in [0.15, 0.2) is 24.3 Å². The molecule has 1 aromatic heterocycles. The second kappa shape index (κ2) is 13.1. The fourth-order valence-corrected chi connectivity index (χ4v) is 3.15. The summed E-state index contributed by atoms with van der Waals surface area (Å²) in [4.78, 5) is 34.4. The number of piperidine rings is 1. The van der Waals surface area contributed by atoms with E-state index >= 15 is 0 Å². The zero-order chi connectivity index (χ0) is 21.6. The van der Waals surface area contributed by atoms with Gasteiger partial charge in [-0.05, 0) is 25.0 Å². The number of hydrogen-bond donors (Lipinski definition) is 5. The molecule has 0 radical (unpaired) electrons. The molecule has 29 heavy (non-hydrogen) atoms. The maximum Gasteiger partial charge on any atom is 0.290 e. The Bertz CT molecular complexity index is 767.